The first kappa shape index (κ1) is 15.4. The van der Waals surface area contributed by atoms with Crippen molar-refractivity contribution < 1.29 is 9.53 Å². The van der Waals surface area contributed by atoms with Crippen LogP contribution < -0.4 is 15.0 Å². The summed E-state index contributed by atoms with van der Waals surface area (Å²) in [6, 6.07) is 5.90. The van der Waals surface area contributed by atoms with E-state index in [1.165, 1.54) is 6.08 Å². The zero-order valence-electron chi connectivity index (χ0n) is 12.8. The molecule has 5 nitrogen and oxygen atoms in total. The minimum atomic E-state index is -0.233. The summed E-state index contributed by atoms with van der Waals surface area (Å²) in [4.78, 5) is 16.1. The molecule has 1 N–H and O–H groups in total. The summed E-state index contributed by atoms with van der Waals surface area (Å²) in [7, 11) is 2.14. The number of ether oxygens (including phenoxy) is 1. The van der Waals surface area contributed by atoms with Crippen molar-refractivity contribution in [3.05, 3.63) is 30.9 Å². The fourth-order valence-electron chi connectivity index (χ4n) is 2.33. The summed E-state index contributed by atoms with van der Waals surface area (Å²) in [5.41, 5.74) is 1.81. The van der Waals surface area contributed by atoms with Crippen LogP contribution in [-0.4, -0.2) is 50.6 Å². The summed E-state index contributed by atoms with van der Waals surface area (Å²) < 4.78 is 5.65. The Hall–Kier alpha value is -2.01. The average Bonchev–Trinajstić information content (AvgIpc) is 2.50. The maximum atomic E-state index is 11.5. The second kappa shape index (κ2) is 7.13. The van der Waals surface area contributed by atoms with Gasteiger partial charge in [-0.2, -0.15) is 0 Å². The van der Waals surface area contributed by atoms with Gasteiger partial charge in [-0.15, -0.1) is 0 Å². The first-order valence-corrected chi connectivity index (χ1v) is 7.27. The van der Waals surface area contributed by atoms with Crippen molar-refractivity contribution in [2.24, 2.45) is 0 Å². The van der Waals surface area contributed by atoms with E-state index in [0.29, 0.717) is 18.0 Å². The lowest BCUT2D eigenvalue weighted by molar-refractivity contribution is -0.111. The van der Waals surface area contributed by atoms with E-state index in [2.05, 4.69) is 28.7 Å². The van der Waals surface area contributed by atoms with E-state index in [4.69, 9.17) is 4.74 Å². The van der Waals surface area contributed by atoms with Gasteiger partial charge in [0.2, 0.25) is 5.91 Å². The fraction of sp³-hybridized carbons (Fsp3) is 0.438. The van der Waals surface area contributed by atoms with Crippen molar-refractivity contribution in [1.29, 1.82) is 0 Å². The molecule has 0 unspecified atom stereocenters. The van der Waals surface area contributed by atoms with Crippen molar-refractivity contribution in [1.82, 2.24) is 4.90 Å². The van der Waals surface area contributed by atoms with Gasteiger partial charge in [-0.3, -0.25) is 4.79 Å². The van der Waals surface area contributed by atoms with E-state index in [0.717, 1.165) is 31.9 Å². The molecule has 1 amide bonds. The topological polar surface area (TPSA) is 44.8 Å². The molecule has 21 heavy (non-hydrogen) atoms. The van der Waals surface area contributed by atoms with E-state index in [1.54, 1.807) is 0 Å². The summed E-state index contributed by atoms with van der Waals surface area (Å²) in [6.45, 7) is 10.1. The number of nitrogens with zero attached hydrogens (tertiary/aromatic N) is 2. The Balaban J connectivity index is 2.18. The van der Waals surface area contributed by atoms with Crippen LogP contribution in [0.25, 0.3) is 0 Å². The third-order valence-corrected chi connectivity index (χ3v) is 3.58. The number of carbonyl (C=O) groups excluding carboxylic acids is 1. The molecular weight excluding hydrogens is 266 g/mol. The molecule has 5 heteroatoms. The van der Waals surface area contributed by atoms with E-state index >= 15 is 0 Å². The standard InChI is InChI=1S/C16H23N3O2/c1-4-16(20)17-14-7-6-13(12-15(14)21-5-2)19-10-8-18(3)9-11-19/h4,6-7,12H,1,5,8-11H2,2-3H3,(H,17,20). The molecule has 1 heterocycles. The largest absolute Gasteiger partial charge is 0.492 e. The predicted molar refractivity (Wildman–Crippen MR) is 86.1 cm³/mol. The second-order valence-electron chi connectivity index (χ2n) is 5.10. The quantitative estimate of drug-likeness (QED) is 0.842. The summed E-state index contributed by atoms with van der Waals surface area (Å²) >= 11 is 0. The molecule has 0 spiro atoms. The van der Waals surface area contributed by atoms with Crippen LogP contribution in [-0.2, 0) is 4.79 Å². The smallest absolute Gasteiger partial charge is 0.247 e. The SMILES string of the molecule is C=CC(=O)Nc1ccc(N2CCN(C)CC2)cc1OCC. The van der Waals surface area contributed by atoms with Crippen LogP contribution in [0, 0.1) is 0 Å². The zero-order valence-corrected chi connectivity index (χ0v) is 12.8. The van der Waals surface area contributed by atoms with Crippen LogP contribution in [0.4, 0.5) is 11.4 Å². The first-order chi connectivity index (χ1) is 10.1. The molecule has 1 saturated heterocycles. The molecule has 0 aromatic heterocycles. The van der Waals surface area contributed by atoms with Gasteiger partial charge in [0.15, 0.2) is 0 Å². The molecule has 2 rings (SSSR count). The molecule has 1 fully saturated rings. The maximum Gasteiger partial charge on any atom is 0.247 e. The van der Waals surface area contributed by atoms with Crippen LogP contribution in [0.1, 0.15) is 6.92 Å². The fourth-order valence-corrected chi connectivity index (χ4v) is 2.33. The van der Waals surface area contributed by atoms with Gasteiger partial charge in [-0.1, -0.05) is 6.58 Å². The number of anilines is 2. The van der Waals surface area contributed by atoms with Crippen molar-refractivity contribution in [3.8, 4) is 5.75 Å². The number of carbonyl (C=O) groups is 1. The van der Waals surface area contributed by atoms with Gasteiger partial charge >= 0.3 is 0 Å². The Morgan fingerprint density at radius 3 is 2.71 bits per heavy atom. The second-order valence-corrected chi connectivity index (χ2v) is 5.10. The highest BCUT2D eigenvalue weighted by molar-refractivity contribution is 6.00. The average molecular weight is 289 g/mol. The zero-order chi connectivity index (χ0) is 15.2. The summed E-state index contributed by atoms with van der Waals surface area (Å²) in [5.74, 6) is 0.465. The van der Waals surface area contributed by atoms with Crippen LogP contribution >= 0.6 is 0 Å². The third kappa shape index (κ3) is 3.98. The molecule has 1 aliphatic heterocycles. The maximum absolute atomic E-state index is 11.5. The lowest BCUT2D eigenvalue weighted by Crippen LogP contribution is -2.44. The first-order valence-electron chi connectivity index (χ1n) is 7.27. The van der Waals surface area contributed by atoms with Gasteiger partial charge < -0.3 is 19.9 Å². The Morgan fingerprint density at radius 1 is 1.38 bits per heavy atom. The number of likely N-dealkylation sites (N-methyl/N-ethyl adjacent to an activating group) is 1. The van der Waals surface area contributed by atoms with Gasteiger partial charge in [-0.05, 0) is 32.2 Å². The molecule has 0 bridgehead atoms. The summed E-state index contributed by atoms with van der Waals surface area (Å²) in [6.07, 6.45) is 1.25. The van der Waals surface area contributed by atoms with Crippen LogP contribution in [0.5, 0.6) is 5.75 Å². The molecule has 1 aromatic carbocycles. The normalized spacial score (nSPS) is 15.6. The molecule has 0 aliphatic carbocycles. The number of hydrogen-bond acceptors (Lipinski definition) is 4. The third-order valence-electron chi connectivity index (χ3n) is 3.58. The van der Waals surface area contributed by atoms with E-state index in [-0.39, 0.29) is 5.91 Å². The number of rotatable bonds is 5. The van der Waals surface area contributed by atoms with Gasteiger partial charge in [0.1, 0.15) is 5.75 Å². The number of benzene rings is 1. The Bertz CT molecular complexity index is 508. The highest BCUT2D eigenvalue weighted by atomic mass is 16.5. The van der Waals surface area contributed by atoms with Gasteiger partial charge in [0.05, 0.1) is 12.3 Å². The lowest BCUT2D eigenvalue weighted by Gasteiger charge is -2.34. The minimum Gasteiger partial charge on any atom is -0.492 e. The molecule has 0 saturated carbocycles. The molecule has 0 radical (unpaired) electrons. The number of hydrogen-bond donors (Lipinski definition) is 1. The number of piperazine rings is 1. The molecule has 0 atom stereocenters. The Kier molecular flexibility index (Phi) is 5.22. The van der Waals surface area contributed by atoms with Crippen molar-refractivity contribution in [2.45, 2.75) is 6.92 Å². The van der Waals surface area contributed by atoms with Crippen molar-refractivity contribution in [3.63, 3.8) is 0 Å². The van der Waals surface area contributed by atoms with Crippen molar-refractivity contribution >= 4 is 17.3 Å². The van der Waals surface area contributed by atoms with Crippen LogP contribution in [0.15, 0.2) is 30.9 Å². The summed E-state index contributed by atoms with van der Waals surface area (Å²) in [5, 5.41) is 2.77. The molecule has 1 aromatic rings. The molecular formula is C16H23N3O2. The molecule has 1 aliphatic rings. The van der Waals surface area contributed by atoms with Crippen LogP contribution in [0.2, 0.25) is 0 Å². The number of amides is 1. The number of nitrogens with one attached hydrogen (secondary N) is 1. The predicted octanol–water partition coefficient (Wildman–Crippen LogP) is 1.96. The molecule has 114 valence electrons. The minimum absolute atomic E-state index is 0.233. The Morgan fingerprint density at radius 2 is 2.10 bits per heavy atom. The lowest BCUT2D eigenvalue weighted by atomic mass is 10.2. The monoisotopic (exact) mass is 289 g/mol. The highest BCUT2D eigenvalue weighted by Gasteiger charge is 2.16. The Labute approximate surface area is 126 Å². The van der Waals surface area contributed by atoms with E-state index in [9.17, 15) is 4.79 Å². The highest BCUT2D eigenvalue weighted by Crippen LogP contribution is 2.30. The van der Waals surface area contributed by atoms with Gasteiger partial charge in [-0.25, -0.2) is 0 Å². The van der Waals surface area contributed by atoms with Crippen molar-refractivity contribution in [2.75, 3.05) is 50.1 Å². The van der Waals surface area contributed by atoms with Gasteiger partial charge in [0.25, 0.3) is 0 Å². The van der Waals surface area contributed by atoms with E-state index < -0.39 is 0 Å². The van der Waals surface area contributed by atoms with E-state index in [1.807, 2.05) is 25.1 Å². The van der Waals surface area contributed by atoms with Crippen LogP contribution in [0.3, 0.4) is 0 Å². The van der Waals surface area contributed by atoms with Gasteiger partial charge in [0, 0.05) is 37.9 Å².